The molecule has 3 rings (SSSR count). The highest BCUT2D eigenvalue weighted by Gasteiger charge is 2.44. The van der Waals surface area contributed by atoms with Gasteiger partial charge in [0, 0.05) is 6.54 Å². The molecule has 1 aliphatic carbocycles. The van der Waals surface area contributed by atoms with Crippen LogP contribution in [0.1, 0.15) is 49.2 Å². The topological polar surface area (TPSA) is 29.9 Å². The highest BCUT2D eigenvalue weighted by Crippen LogP contribution is 2.53. The monoisotopic (exact) mass is 283 g/mol. The van der Waals surface area contributed by atoms with Crippen molar-refractivity contribution in [3.8, 4) is 0 Å². The van der Waals surface area contributed by atoms with Gasteiger partial charge in [0.2, 0.25) is 0 Å². The summed E-state index contributed by atoms with van der Waals surface area (Å²) >= 11 is 0. The highest BCUT2D eigenvalue weighted by molar-refractivity contribution is 5.29. The lowest BCUT2D eigenvalue weighted by Gasteiger charge is -2.17. The molecule has 112 valence electrons. The molecule has 1 aliphatic rings. The third-order valence-corrected chi connectivity index (χ3v) is 4.65. The minimum absolute atomic E-state index is 0.406. The van der Waals surface area contributed by atoms with Gasteiger partial charge in [-0.2, -0.15) is 5.10 Å². The summed E-state index contributed by atoms with van der Waals surface area (Å²) in [7, 11) is 2.07. The van der Waals surface area contributed by atoms with Gasteiger partial charge >= 0.3 is 0 Å². The minimum Gasteiger partial charge on any atom is -0.311 e. The predicted molar refractivity (Wildman–Crippen MR) is 86.4 cm³/mol. The number of aromatic nitrogens is 2. The number of benzene rings is 1. The van der Waals surface area contributed by atoms with Crippen LogP contribution in [0.2, 0.25) is 0 Å². The summed E-state index contributed by atoms with van der Waals surface area (Å²) in [5.74, 6) is 1.37. The molecule has 0 spiro atoms. The number of nitrogens with one attached hydrogen (secondary N) is 1. The lowest BCUT2D eigenvalue weighted by molar-refractivity contribution is 0.465. The van der Waals surface area contributed by atoms with Crippen LogP contribution in [0.5, 0.6) is 0 Å². The van der Waals surface area contributed by atoms with Crippen LogP contribution in [0.25, 0.3) is 0 Å². The van der Waals surface area contributed by atoms with Gasteiger partial charge in [-0.3, -0.25) is 4.68 Å². The van der Waals surface area contributed by atoms with E-state index in [1.807, 2.05) is 0 Å². The van der Waals surface area contributed by atoms with E-state index in [1.54, 1.807) is 0 Å². The van der Waals surface area contributed by atoms with Crippen molar-refractivity contribution in [1.29, 1.82) is 0 Å². The zero-order valence-electron chi connectivity index (χ0n) is 13.2. The summed E-state index contributed by atoms with van der Waals surface area (Å²) < 4.78 is 2.17. The summed E-state index contributed by atoms with van der Waals surface area (Å²) in [6.07, 6.45) is 2.27. The Morgan fingerprint density at radius 1 is 1.29 bits per heavy atom. The lowest BCUT2D eigenvalue weighted by Crippen LogP contribution is -2.22. The standard InChI is InChI=1S/C18H25N3/c1-4-14-11-17(21(5-2)20-14)18(19-3)16-12-15(16)13-9-7-6-8-10-13/h6-11,15-16,18-19H,4-5,12H2,1-3H3. The average molecular weight is 283 g/mol. The van der Waals surface area contributed by atoms with Gasteiger partial charge in [0.15, 0.2) is 0 Å². The first kappa shape index (κ1) is 14.3. The van der Waals surface area contributed by atoms with Crippen LogP contribution in [0.3, 0.4) is 0 Å². The van der Waals surface area contributed by atoms with Crippen molar-refractivity contribution >= 4 is 0 Å². The normalized spacial score (nSPS) is 22.2. The summed E-state index contributed by atoms with van der Waals surface area (Å²) in [6, 6.07) is 13.6. The van der Waals surface area contributed by atoms with Gasteiger partial charge in [-0.25, -0.2) is 0 Å². The Labute approximate surface area is 127 Å². The second kappa shape index (κ2) is 6.02. The van der Waals surface area contributed by atoms with Gasteiger partial charge in [-0.1, -0.05) is 37.3 Å². The lowest BCUT2D eigenvalue weighted by atomic mass is 10.0. The number of hydrogen-bond donors (Lipinski definition) is 1. The second-order valence-corrected chi connectivity index (χ2v) is 5.91. The Kier molecular flexibility index (Phi) is 4.11. The molecule has 3 nitrogen and oxygen atoms in total. The molecule has 3 heteroatoms. The molecule has 1 saturated carbocycles. The van der Waals surface area contributed by atoms with Gasteiger partial charge in [0.05, 0.1) is 17.4 Å². The third-order valence-electron chi connectivity index (χ3n) is 4.65. The highest BCUT2D eigenvalue weighted by atomic mass is 15.3. The van der Waals surface area contributed by atoms with Crippen molar-refractivity contribution in [3.63, 3.8) is 0 Å². The smallest absolute Gasteiger partial charge is 0.0625 e. The zero-order valence-corrected chi connectivity index (χ0v) is 13.2. The van der Waals surface area contributed by atoms with Gasteiger partial charge in [0.1, 0.15) is 0 Å². The molecule has 0 amide bonds. The predicted octanol–water partition coefficient (Wildman–Crippen LogP) is 3.53. The second-order valence-electron chi connectivity index (χ2n) is 5.91. The van der Waals surface area contributed by atoms with E-state index in [-0.39, 0.29) is 0 Å². The zero-order chi connectivity index (χ0) is 14.8. The molecule has 1 N–H and O–H groups in total. The first-order chi connectivity index (χ1) is 10.3. The van der Waals surface area contributed by atoms with E-state index in [1.165, 1.54) is 23.4 Å². The van der Waals surface area contributed by atoms with Gasteiger partial charge < -0.3 is 5.32 Å². The van der Waals surface area contributed by atoms with E-state index in [2.05, 4.69) is 67.3 Å². The molecule has 0 radical (unpaired) electrons. The number of rotatable bonds is 6. The van der Waals surface area contributed by atoms with E-state index in [0.29, 0.717) is 17.9 Å². The molecular formula is C18H25N3. The molecular weight excluding hydrogens is 258 g/mol. The fourth-order valence-corrected chi connectivity index (χ4v) is 3.41. The van der Waals surface area contributed by atoms with Crippen molar-refractivity contribution in [1.82, 2.24) is 15.1 Å². The van der Waals surface area contributed by atoms with Crippen LogP contribution in [0.15, 0.2) is 36.4 Å². The van der Waals surface area contributed by atoms with Crippen molar-refractivity contribution in [2.75, 3.05) is 7.05 Å². The summed E-state index contributed by atoms with van der Waals surface area (Å²) in [5.41, 5.74) is 4.02. The molecule has 3 unspecified atom stereocenters. The average Bonchev–Trinajstić information content (AvgIpc) is 3.21. The van der Waals surface area contributed by atoms with Crippen molar-refractivity contribution in [3.05, 3.63) is 53.3 Å². The summed E-state index contributed by atoms with van der Waals surface area (Å²) in [5, 5.41) is 8.23. The number of aryl methyl sites for hydroxylation is 2. The Morgan fingerprint density at radius 3 is 2.67 bits per heavy atom. The Bertz CT molecular complexity index is 588. The van der Waals surface area contributed by atoms with Crippen LogP contribution >= 0.6 is 0 Å². The molecule has 0 bridgehead atoms. The molecule has 3 atom stereocenters. The molecule has 0 saturated heterocycles. The third kappa shape index (κ3) is 2.75. The van der Waals surface area contributed by atoms with Crippen molar-refractivity contribution in [2.24, 2.45) is 5.92 Å². The maximum Gasteiger partial charge on any atom is 0.0625 e. The fraction of sp³-hybridized carbons (Fsp3) is 0.500. The van der Waals surface area contributed by atoms with E-state index in [4.69, 9.17) is 5.10 Å². The Hall–Kier alpha value is -1.61. The minimum atomic E-state index is 0.406. The van der Waals surface area contributed by atoms with Crippen LogP contribution in [0, 0.1) is 5.92 Å². The number of hydrogen-bond acceptors (Lipinski definition) is 2. The summed E-state index contributed by atoms with van der Waals surface area (Å²) in [4.78, 5) is 0. The quantitative estimate of drug-likeness (QED) is 0.879. The Balaban J connectivity index is 1.82. The maximum atomic E-state index is 4.70. The maximum absolute atomic E-state index is 4.70. The van der Waals surface area contributed by atoms with E-state index in [0.717, 1.165) is 13.0 Å². The van der Waals surface area contributed by atoms with E-state index >= 15 is 0 Å². The molecule has 1 fully saturated rings. The number of nitrogens with zero attached hydrogens (tertiary/aromatic N) is 2. The molecule has 1 aromatic carbocycles. The van der Waals surface area contributed by atoms with E-state index < -0.39 is 0 Å². The van der Waals surface area contributed by atoms with Gasteiger partial charge in [0.25, 0.3) is 0 Å². The molecule has 2 aromatic rings. The van der Waals surface area contributed by atoms with Gasteiger partial charge in [-0.15, -0.1) is 0 Å². The Morgan fingerprint density at radius 2 is 2.05 bits per heavy atom. The van der Waals surface area contributed by atoms with Crippen molar-refractivity contribution in [2.45, 2.75) is 45.2 Å². The van der Waals surface area contributed by atoms with Crippen molar-refractivity contribution < 1.29 is 0 Å². The van der Waals surface area contributed by atoms with Crippen LogP contribution in [-0.2, 0) is 13.0 Å². The largest absolute Gasteiger partial charge is 0.311 e. The van der Waals surface area contributed by atoms with Gasteiger partial charge in [-0.05, 0) is 50.3 Å². The molecule has 1 heterocycles. The molecule has 1 aromatic heterocycles. The SMILES string of the molecule is CCc1cc(C(NC)C2CC2c2ccccc2)n(CC)n1. The fourth-order valence-electron chi connectivity index (χ4n) is 3.41. The first-order valence-electron chi connectivity index (χ1n) is 8.07. The van der Waals surface area contributed by atoms with Crippen LogP contribution in [0.4, 0.5) is 0 Å². The van der Waals surface area contributed by atoms with Crippen LogP contribution in [-0.4, -0.2) is 16.8 Å². The van der Waals surface area contributed by atoms with Crippen LogP contribution < -0.4 is 5.32 Å². The molecule has 21 heavy (non-hydrogen) atoms. The molecule has 0 aliphatic heterocycles. The van der Waals surface area contributed by atoms with E-state index in [9.17, 15) is 0 Å². The first-order valence-corrected chi connectivity index (χ1v) is 8.07. The summed E-state index contributed by atoms with van der Waals surface area (Å²) in [6.45, 7) is 5.28.